The van der Waals surface area contributed by atoms with E-state index in [1.54, 1.807) is 0 Å². The highest BCUT2D eigenvalue weighted by atomic mass is 16.2. The van der Waals surface area contributed by atoms with Gasteiger partial charge in [-0.1, -0.05) is 43.7 Å². The molecule has 2 aliphatic heterocycles. The maximum Gasteiger partial charge on any atom is 0.256 e. The molecule has 0 unspecified atom stereocenters. The first-order chi connectivity index (χ1) is 19.0. The van der Waals surface area contributed by atoms with Crippen LogP contribution in [0.5, 0.6) is 0 Å². The molecule has 208 valence electrons. The van der Waals surface area contributed by atoms with Crippen LogP contribution in [0, 0.1) is 5.92 Å². The van der Waals surface area contributed by atoms with Gasteiger partial charge in [0.1, 0.15) is 0 Å². The lowest BCUT2D eigenvalue weighted by atomic mass is 9.85. The Morgan fingerprint density at radius 1 is 0.821 bits per heavy atom. The van der Waals surface area contributed by atoms with Crippen LogP contribution in [0.15, 0.2) is 48.5 Å². The first kappa shape index (κ1) is 27.2. The fourth-order valence-corrected chi connectivity index (χ4v) is 6.08. The lowest BCUT2D eigenvalue weighted by Gasteiger charge is -2.31. The molecule has 39 heavy (non-hydrogen) atoms. The molecule has 3 amide bonds. The maximum atomic E-state index is 13.8. The third-order valence-corrected chi connectivity index (χ3v) is 8.67. The van der Waals surface area contributed by atoms with E-state index in [0.717, 1.165) is 82.3 Å². The van der Waals surface area contributed by atoms with Crippen LogP contribution < -0.4 is 10.2 Å². The Labute approximate surface area is 232 Å². The highest BCUT2D eigenvalue weighted by Gasteiger charge is 2.30. The van der Waals surface area contributed by atoms with Crippen LogP contribution in [0.2, 0.25) is 0 Å². The minimum atomic E-state index is -0.132. The van der Waals surface area contributed by atoms with Gasteiger partial charge in [0.15, 0.2) is 0 Å². The summed E-state index contributed by atoms with van der Waals surface area (Å²) in [6.45, 7) is 6.41. The molecule has 7 heteroatoms. The second-order valence-corrected chi connectivity index (χ2v) is 11.2. The number of carbonyl (C=O) groups excluding carboxylic acids is 3. The smallest absolute Gasteiger partial charge is 0.256 e. The van der Waals surface area contributed by atoms with E-state index in [1.165, 1.54) is 0 Å². The average Bonchev–Trinajstić information content (AvgIpc) is 3.19. The molecule has 1 atom stereocenters. The summed E-state index contributed by atoms with van der Waals surface area (Å²) in [5.41, 5.74) is 3.31. The van der Waals surface area contributed by atoms with Crippen molar-refractivity contribution in [2.75, 3.05) is 49.5 Å². The number of benzene rings is 2. The van der Waals surface area contributed by atoms with Crippen LogP contribution >= 0.6 is 0 Å². The van der Waals surface area contributed by atoms with Crippen molar-refractivity contribution in [3.8, 4) is 0 Å². The van der Waals surface area contributed by atoms with E-state index in [0.29, 0.717) is 30.9 Å². The number of hydrogen-bond acceptors (Lipinski definition) is 4. The van der Waals surface area contributed by atoms with Gasteiger partial charge in [0, 0.05) is 56.6 Å². The topological polar surface area (TPSA) is 73.0 Å². The van der Waals surface area contributed by atoms with Crippen molar-refractivity contribution in [1.82, 2.24) is 9.80 Å². The number of amides is 3. The van der Waals surface area contributed by atoms with Gasteiger partial charge in [-0.3, -0.25) is 14.4 Å². The van der Waals surface area contributed by atoms with Crippen LogP contribution in [-0.4, -0.2) is 66.8 Å². The third kappa shape index (κ3) is 6.29. The summed E-state index contributed by atoms with van der Waals surface area (Å²) in [5.74, 6) is 0.231. The molecule has 7 nitrogen and oxygen atoms in total. The Morgan fingerprint density at radius 3 is 2.26 bits per heavy atom. The van der Waals surface area contributed by atoms with E-state index in [2.05, 4.69) is 17.1 Å². The Bertz CT molecular complexity index is 1160. The van der Waals surface area contributed by atoms with Crippen molar-refractivity contribution in [1.29, 1.82) is 0 Å². The van der Waals surface area contributed by atoms with E-state index in [1.807, 2.05) is 58.3 Å². The summed E-state index contributed by atoms with van der Waals surface area (Å²) in [6.07, 6.45) is 7.81. The Hall–Kier alpha value is -3.35. The predicted octanol–water partition coefficient (Wildman–Crippen LogP) is 5.28. The molecule has 2 heterocycles. The van der Waals surface area contributed by atoms with Crippen LogP contribution in [0.3, 0.4) is 0 Å². The Balaban J connectivity index is 1.34. The van der Waals surface area contributed by atoms with Gasteiger partial charge in [-0.25, -0.2) is 0 Å². The van der Waals surface area contributed by atoms with Crippen molar-refractivity contribution < 1.29 is 14.4 Å². The molecule has 3 aliphatic rings. The number of rotatable bonds is 7. The van der Waals surface area contributed by atoms with Gasteiger partial charge >= 0.3 is 0 Å². The fraction of sp³-hybridized carbons (Fsp3) is 0.531. The SMILES string of the molecule is CC[C@H](C(=O)N1CCCN(c2ccc(NC(=O)C3CCC3)cc2C(=O)N2CCCCC2)CC1)c1ccccc1. The molecule has 0 radical (unpaired) electrons. The van der Waals surface area contributed by atoms with Gasteiger partial charge in [0.05, 0.1) is 11.5 Å². The first-order valence-electron chi connectivity index (χ1n) is 14.9. The van der Waals surface area contributed by atoms with Crippen LogP contribution in [0.1, 0.15) is 80.1 Å². The van der Waals surface area contributed by atoms with Crippen molar-refractivity contribution in [2.45, 2.75) is 64.2 Å². The second kappa shape index (κ2) is 12.7. The summed E-state index contributed by atoms with van der Waals surface area (Å²) in [7, 11) is 0. The first-order valence-corrected chi connectivity index (χ1v) is 14.9. The lowest BCUT2D eigenvalue weighted by molar-refractivity contribution is -0.132. The van der Waals surface area contributed by atoms with Gasteiger partial charge in [0.25, 0.3) is 5.91 Å². The standard InChI is InChI=1S/C32H42N4O3/c1-2-27(24-11-5-3-6-12-24)31(38)36-20-10-19-34(21-22-36)29-16-15-26(33-30(37)25-13-9-14-25)23-28(29)32(39)35-17-7-4-8-18-35/h3,5-6,11-12,15-16,23,25,27H,2,4,7-10,13-14,17-22H2,1H3,(H,33,37)/t27-/m0/s1. The molecule has 2 saturated heterocycles. The third-order valence-electron chi connectivity index (χ3n) is 8.67. The number of likely N-dealkylation sites (tertiary alicyclic amines) is 1. The van der Waals surface area contributed by atoms with Crippen molar-refractivity contribution >= 4 is 29.1 Å². The molecule has 5 rings (SSSR count). The summed E-state index contributed by atoms with van der Waals surface area (Å²) in [6, 6.07) is 15.8. The molecule has 3 fully saturated rings. The van der Waals surface area contributed by atoms with Crippen LogP contribution in [0.25, 0.3) is 0 Å². The molecule has 1 saturated carbocycles. The fourth-order valence-electron chi connectivity index (χ4n) is 6.08. The molecule has 0 spiro atoms. The Kier molecular flexibility index (Phi) is 8.84. The predicted molar refractivity (Wildman–Crippen MR) is 155 cm³/mol. The van der Waals surface area contributed by atoms with Crippen molar-refractivity contribution in [3.05, 3.63) is 59.7 Å². The zero-order valence-corrected chi connectivity index (χ0v) is 23.2. The average molecular weight is 531 g/mol. The monoisotopic (exact) mass is 530 g/mol. The molecule has 1 aliphatic carbocycles. The Morgan fingerprint density at radius 2 is 1.56 bits per heavy atom. The van der Waals surface area contributed by atoms with Gasteiger partial charge in [-0.05, 0) is 68.7 Å². The number of hydrogen-bond donors (Lipinski definition) is 1. The zero-order chi connectivity index (χ0) is 27.2. The normalized spacial score (nSPS) is 19.2. The second-order valence-electron chi connectivity index (χ2n) is 11.2. The highest BCUT2D eigenvalue weighted by Crippen LogP contribution is 2.31. The molecule has 2 aromatic carbocycles. The summed E-state index contributed by atoms with van der Waals surface area (Å²) >= 11 is 0. The van der Waals surface area contributed by atoms with Gasteiger partial charge in [-0.2, -0.15) is 0 Å². The van der Waals surface area contributed by atoms with E-state index >= 15 is 0 Å². The molecular formula is C32H42N4O3. The number of anilines is 2. The molecule has 1 N–H and O–H groups in total. The largest absolute Gasteiger partial charge is 0.369 e. The highest BCUT2D eigenvalue weighted by molar-refractivity contribution is 6.02. The maximum absolute atomic E-state index is 13.8. The molecular weight excluding hydrogens is 488 g/mol. The quantitative estimate of drug-likeness (QED) is 0.528. The van der Waals surface area contributed by atoms with Crippen LogP contribution in [-0.2, 0) is 9.59 Å². The van der Waals surface area contributed by atoms with Crippen LogP contribution in [0.4, 0.5) is 11.4 Å². The van der Waals surface area contributed by atoms with Crippen molar-refractivity contribution in [3.63, 3.8) is 0 Å². The number of piperidine rings is 1. The minimum Gasteiger partial charge on any atom is -0.369 e. The molecule has 0 bridgehead atoms. The summed E-state index contributed by atoms with van der Waals surface area (Å²) in [4.78, 5) is 46.2. The van der Waals surface area contributed by atoms with E-state index < -0.39 is 0 Å². The number of carbonyl (C=O) groups is 3. The minimum absolute atomic E-state index is 0.0387. The van der Waals surface area contributed by atoms with E-state index in [4.69, 9.17) is 0 Å². The van der Waals surface area contributed by atoms with E-state index in [-0.39, 0.29) is 29.6 Å². The van der Waals surface area contributed by atoms with Crippen molar-refractivity contribution in [2.24, 2.45) is 5.92 Å². The van der Waals surface area contributed by atoms with Gasteiger partial charge in [0.2, 0.25) is 11.8 Å². The number of nitrogens with zero attached hydrogens (tertiary/aromatic N) is 3. The zero-order valence-electron chi connectivity index (χ0n) is 23.2. The molecule has 0 aromatic heterocycles. The summed E-state index contributed by atoms with van der Waals surface area (Å²) in [5, 5.41) is 3.06. The lowest BCUT2D eigenvalue weighted by Crippen LogP contribution is -2.39. The van der Waals surface area contributed by atoms with Gasteiger partial charge < -0.3 is 20.0 Å². The molecule has 2 aromatic rings. The van der Waals surface area contributed by atoms with Gasteiger partial charge in [-0.15, -0.1) is 0 Å². The van der Waals surface area contributed by atoms with E-state index in [9.17, 15) is 14.4 Å². The summed E-state index contributed by atoms with van der Waals surface area (Å²) < 4.78 is 0. The number of nitrogens with one attached hydrogen (secondary N) is 1.